The zero-order chi connectivity index (χ0) is 22.5. The highest BCUT2D eigenvalue weighted by Crippen LogP contribution is 2.35. The molecular formula is C24H22Cl3N3O2. The number of ether oxygens (including phenoxy) is 2. The van der Waals surface area contributed by atoms with Crippen molar-refractivity contribution < 1.29 is 9.47 Å². The number of imidazole rings is 1. The third-order valence-corrected chi connectivity index (χ3v) is 5.80. The van der Waals surface area contributed by atoms with Crippen molar-refractivity contribution in [2.24, 2.45) is 0 Å². The number of nitrogens with zero attached hydrogens (tertiary/aromatic N) is 1. The molecule has 0 bridgehead atoms. The highest BCUT2D eigenvalue weighted by Gasteiger charge is 2.13. The van der Waals surface area contributed by atoms with Crippen molar-refractivity contribution in [3.8, 4) is 11.5 Å². The van der Waals surface area contributed by atoms with Gasteiger partial charge in [-0.1, -0.05) is 53.0 Å². The molecule has 0 aliphatic rings. The molecule has 32 heavy (non-hydrogen) atoms. The smallest absolute Gasteiger partial charge is 0.163 e. The van der Waals surface area contributed by atoms with Crippen LogP contribution in [0.4, 0.5) is 0 Å². The predicted octanol–water partition coefficient (Wildman–Crippen LogP) is 6.79. The van der Waals surface area contributed by atoms with Crippen LogP contribution in [0, 0.1) is 0 Å². The minimum absolute atomic E-state index is 0.274. The fraction of sp³-hybridized carbons (Fsp3) is 0.208. The van der Waals surface area contributed by atoms with Crippen molar-refractivity contribution in [3.05, 3.63) is 86.6 Å². The number of benzene rings is 3. The first-order valence-electron chi connectivity index (χ1n) is 10.2. The molecular weight excluding hydrogens is 469 g/mol. The number of nitrogens with one attached hydrogen (secondary N) is 2. The molecule has 166 valence electrons. The molecule has 3 aromatic carbocycles. The summed E-state index contributed by atoms with van der Waals surface area (Å²) in [6, 6.07) is 16.9. The Morgan fingerprint density at radius 2 is 1.66 bits per heavy atom. The Morgan fingerprint density at radius 1 is 0.875 bits per heavy atom. The number of H-pyrrole nitrogens is 1. The van der Waals surface area contributed by atoms with E-state index in [4.69, 9.17) is 44.3 Å². The van der Waals surface area contributed by atoms with Crippen LogP contribution in [0.2, 0.25) is 15.1 Å². The van der Waals surface area contributed by atoms with Gasteiger partial charge >= 0.3 is 0 Å². The molecule has 4 rings (SSSR count). The van der Waals surface area contributed by atoms with Crippen molar-refractivity contribution in [1.82, 2.24) is 15.3 Å². The Hall–Kier alpha value is -2.44. The monoisotopic (exact) mass is 489 g/mol. The summed E-state index contributed by atoms with van der Waals surface area (Å²) < 4.78 is 11.8. The van der Waals surface area contributed by atoms with Gasteiger partial charge in [-0.2, -0.15) is 0 Å². The summed E-state index contributed by atoms with van der Waals surface area (Å²) in [6.45, 7) is 3.84. The van der Waals surface area contributed by atoms with Gasteiger partial charge in [-0.3, -0.25) is 0 Å². The maximum Gasteiger partial charge on any atom is 0.163 e. The van der Waals surface area contributed by atoms with E-state index < -0.39 is 0 Å². The molecule has 1 heterocycles. The van der Waals surface area contributed by atoms with Crippen LogP contribution in [0.1, 0.15) is 23.9 Å². The van der Waals surface area contributed by atoms with Crippen LogP contribution in [0.3, 0.4) is 0 Å². The van der Waals surface area contributed by atoms with Crippen molar-refractivity contribution in [3.63, 3.8) is 0 Å². The SMILES string of the molecule is CCOc1cc(CNCc2nc3ccccc3[nH]2)c(Cl)cc1OCc1ccc(Cl)cc1Cl. The summed E-state index contributed by atoms with van der Waals surface area (Å²) in [5, 5.41) is 5.09. The molecule has 0 aliphatic carbocycles. The Balaban J connectivity index is 1.43. The lowest BCUT2D eigenvalue weighted by Gasteiger charge is -2.16. The van der Waals surface area contributed by atoms with Crippen LogP contribution in [-0.4, -0.2) is 16.6 Å². The topological polar surface area (TPSA) is 59.2 Å². The Kier molecular flexibility index (Phi) is 7.43. The first-order valence-corrected chi connectivity index (χ1v) is 11.3. The van der Waals surface area contributed by atoms with Crippen LogP contribution in [-0.2, 0) is 19.7 Å². The second kappa shape index (κ2) is 10.5. The van der Waals surface area contributed by atoms with Crippen LogP contribution >= 0.6 is 34.8 Å². The molecule has 0 atom stereocenters. The van der Waals surface area contributed by atoms with Gasteiger partial charge < -0.3 is 19.8 Å². The lowest BCUT2D eigenvalue weighted by molar-refractivity contribution is 0.269. The van der Waals surface area contributed by atoms with Crippen molar-refractivity contribution in [2.45, 2.75) is 26.6 Å². The molecule has 0 amide bonds. The van der Waals surface area contributed by atoms with Gasteiger partial charge in [0.1, 0.15) is 12.4 Å². The first-order chi connectivity index (χ1) is 15.5. The van der Waals surface area contributed by atoms with Crippen molar-refractivity contribution >= 4 is 45.8 Å². The molecule has 0 saturated carbocycles. The van der Waals surface area contributed by atoms with E-state index in [1.54, 1.807) is 18.2 Å². The van der Waals surface area contributed by atoms with Crippen molar-refractivity contribution in [1.29, 1.82) is 0 Å². The third-order valence-electron chi connectivity index (χ3n) is 4.86. The van der Waals surface area contributed by atoms with E-state index in [0.717, 1.165) is 28.0 Å². The number of halogens is 3. The summed E-state index contributed by atoms with van der Waals surface area (Å²) in [5.74, 6) is 2.05. The number of aromatic nitrogens is 2. The molecule has 0 fully saturated rings. The van der Waals surface area contributed by atoms with Gasteiger partial charge in [0, 0.05) is 33.2 Å². The quantitative estimate of drug-likeness (QED) is 0.271. The number of aromatic amines is 1. The second-order valence-electron chi connectivity index (χ2n) is 7.15. The molecule has 5 nitrogen and oxygen atoms in total. The molecule has 0 radical (unpaired) electrons. The van der Waals surface area contributed by atoms with Crippen LogP contribution in [0.5, 0.6) is 11.5 Å². The van der Waals surface area contributed by atoms with Gasteiger partial charge in [-0.25, -0.2) is 4.98 Å². The lowest BCUT2D eigenvalue weighted by atomic mass is 10.2. The normalized spacial score (nSPS) is 11.1. The zero-order valence-corrected chi connectivity index (χ0v) is 19.7. The number of para-hydroxylation sites is 2. The van der Waals surface area contributed by atoms with E-state index in [9.17, 15) is 0 Å². The average Bonchev–Trinajstić information content (AvgIpc) is 3.18. The number of rotatable bonds is 9. The molecule has 1 aromatic heterocycles. The summed E-state index contributed by atoms with van der Waals surface area (Å²) in [5.41, 5.74) is 3.70. The standard InChI is InChI=1S/C24H22Cl3N3O2/c1-2-31-22-9-16(12-28-13-24-29-20-5-3-4-6-21(20)30-24)19(27)11-23(22)32-14-15-7-8-17(25)10-18(15)26/h3-11,28H,2,12-14H2,1H3,(H,29,30). The zero-order valence-electron chi connectivity index (χ0n) is 17.4. The van der Waals surface area contributed by atoms with Gasteiger partial charge in [0.15, 0.2) is 11.5 Å². The largest absolute Gasteiger partial charge is 0.490 e. The van der Waals surface area contributed by atoms with Gasteiger partial charge in [0.05, 0.1) is 24.2 Å². The highest BCUT2D eigenvalue weighted by molar-refractivity contribution is 6.35. The summed E-state index contributed by atoms with van der Waals surface area (Å²) in [6.07, 6.45) is 0. The summed E-state index contributed by atoms with van der Waals surface area (Å²) in [7, 11) is 0. The van der Waals surface area contributed by atoms with E-state index in [2.05, 4.69) is 15.3 Å². The van der Waals surface area contributed by atoms with Gasteiger partial charge in [-0.15, -0.1) is 0 Å². The van der Waals surface area contributed by atoms with Gasteiger partial charge in [-0.05, 0) is 42.8 Å². The van der Waals surface area contributed by atoms with E-state index in [-0.39, 0.29) is 6.61 Å². The third kappa shape index (κ3) is 5.48. The summed E-state index contributed by atoms with van der Waals surface area (Å²) in [4.78, 5) is 7.89. The molecule has 0 unspecified atom stereocenters. The fourth-order valence-electron chi connectivity index (χ4n) is 3.29. The Labute approximate surface area is 201 Å². The Morgan fingerprint density at radius 3 is 2.44 bits per heavy atom. The van der Waals surface area contributed by atoms with Gasteiger partial charge in [0.2, 0.25) is 0 Å². The van der Waals surface area contributed by atoms with E-state index in [0.29, 0.717) is 46.3 Å². The number of hydrogen-bond acceptors (Lipinski definition) is 4. The van der Waals surface area contributed by atoms with E-state index in [1.165, 1.54) is 0 Å². The number of hydrogen-bond donors (Lipinski definition) is 2. The first kappa shape index (κ1) is 22.7. The molecule has 2 N–H and O–H groups in total. The highest BCUT2D eigenvalue weighted by atomic mass is 35.5. The summed E-state index contributed by atoms with van der Waals surface area (Å²) >= 11 is 18.8. The van der Waals surface area contributed by atoms with E-state index in [1.807, 2.05) is 43.3 Å². The second-order valence-corrected chi connectivity index (χ2v) is 8.40. The van der Waals surface area contributed by atoms with E-state index >= 15 is 0 Å². The van der Waals surface area contributed by atoms with Gasteiger partial charge in [0.25, 0.3) is 0 Å². The molecule has 0 aliphatic heterocycles. The average molecular weight is 491 g/mol. The maximum absolute atomic E-state index is 6.54. The number of fused-ring (bicyclic) bond motifs is 1. The lowest BCUT2D eigenvalue weighted by Crippen LogP contribution is -2.14. The van der Waals surface area contributed by atoms with Crippen LogP contribution < -0.4 is 14.8 Å². The molecule has 0 saturated heterocycles. The molecule has 8 heteroatoms. The minimum Gasteiger partial charge on any atom is -0.490 e. The fourth-order valence-corrected chi connectivity index (χ4v) is 3.98. The van der Waals surface area contributed by atoms with Crippen LogP contribution in [0.25, 0.3) is 11.0 Å². The molecule has 4 aromatic rings. The van der Waals surface area contributed by atoms with Crippen molar-refractivity contribution in [2.75, 3.05) is 6.61 Å². The maximum atomic E-state index is 6.54. The minimum atomic E-state index is 0.274. The molecule has 0 spiro atoms. The Bertz CT molecular complexity index is 1190. The van der Waals surface area contributed by atoms with Crippen LogP contribution in [0.15, 0.2) is 54.6 Å². The predicted molar refractivity (Wildman–Crippen MR) is 130 cm³/mol.